The van der Waals surface area contributed by atoms with Gasteiger partial charge in [0.15, 0.2) is 0 Å². The molecule has 1 aromatic rings. The molecule has 0 fully saturated rings. The van der Waals surface area contributed by atoms with E-state index in [1.807, 2.05) is 6.08 Å². The van der Waals surface area contributed by atoms with Crippen molar-refractivity contribution in [1.82, 2.24) is 10.2 Å². The van der Waals surface area contributed by atoms with E-state index in [1.54, 1.807) is 0 Å². The SMILES string of the molecule is C=CCNCC(C)N(C)CCc1ccccc1. The number of benzene rings is 1. The molecular formula is C15H24N2. The number of hydrogen-bond donors (Lipinski definition) is 1. The van der Waals surface area contributed by atoms with Gasteiger partial charge in [0.2, 0.25) is 0 Å². The molecule has 94 valence electrons. The molecular weight excluding hydrogens is 208 g/mol. The van der Waals surface area contributed by atoms with Crippen LogP contribution in [0, 0.1) is 0 Å². The van der Waals surface area contributed by atoms with E-state index in [0.29, 0.717) is 6.04 Å². The van der Waals surface area contributed by atoms with Gasteiger partial charge in [0.25, 0.3) is 0 Å². The molecule has 2 nitrogen and oxygen atoms in total. The Labute approximate surface area is 105 Å². The molecule has 0 saturated carbocycles. The van der Waals surface area contributed by atoms with Crippen molar-refractivity contribution in [3.8, 4) is 0 Å². The fraction of sp³-hybridized carbons (Fsp3) is 0.467. The van der Waals surface area contributed by atoms with E-state index in [4.69, 9.17) is 0 Å². The molecule has 0 aliphatic rings. The molecule has 1 rings (SSSR count). The molecule has 0 heterocycles. The van der Waals surface area contributed by atoms with Gasteiger partial charge in [-0.15, -0.1) is 6.58 Å². The van der Waals surface area contributed by atoms with Gasteiger partial charge in [0, 0.05) is 25.7 Å². The largest absolute Gasteiger partial charge is 0.312 e. The average molecular weight is 232 g/mol. The van der Waals surface area contributed by atoms with Crippen molar-refractivity contribution < 1.29 is 0 Å². The fourth-order valence-electron chi connectivity index (χ4n) is 1.72. The highest BCUT2D eigenvalue weighted by atomic mass is 15.1. The van der Waals surface area contributed by atoms with Gasteiger partial charge >= 0.3 is 0 Å². The first-order chi connectivity index (χ1) is 8.24. The molecule has 0 spiro atoms. The zero-order valence-corrected chi connectivity index (χ0v) is 11.0. The van der Waals surface area contributed by atoms with Crippen molar-refractivity contribution in [3.63, 3.8) is 0 Å². The summed E-state index contributed by atoms with van der Waals surface area (Å²) in [5, 5.41) is 3.35. The van der Waals surface area contributed by atoms with Gasteiger partial charge in [0.05, 0.1) is 0 Å². The quantitative estimate of drug-likeness (QED) is 0.546. The molecule has 1 unspecified atom stereocenters. The van der Waals surface area contributed by atoms with Gasteiger partial charge in [0.1, 0.15) is 0 Å². The molecule has 1 aromatic carbocycles. The average Bonchev–Trinajstić information content (AvgIpc) is 2.37. The molecule has 0 radical (unpaired) electrons. The Morgan fingerprint density at radius 3 is 2.71 bits per heavy atom. The first-order valence-corrected chi connectivity index (χ1v) is 6.30. The lowest BCUT2D eigenvalue weighted by Gasteiger charge is -2.24. The lowest BCUT2D eigenvalue weighted by molar-refractivity contribution is 0.255. The summed E-state index contributed by atoms with van der Waals surface area (Å²) in [5.41, 5.74) is 1.41. The van der Waals surface area contributed by atoms with Crippen molar-refractivity contribution in [2.45, 2.75) is 19.4 Å². The predicted octanol–water partition coefficient (Wildman–Crippen LogP) is 2.33. The highest BCUT2D eigenvalue weighted by Gasteiger charge is 2.07. The Hall–Kier alpha value is -1.12. The monoisotopic (exact) mass is 232 g/mol. The summed E-state index contributed by atoms with van der Waals surface area (Å²) in [5.74, 6) is 0. The minimum atomic E-state index is 0.554. The first kappa shape index (κ1) is 13.9. The van der Waals surface area contributed by atoms with Crippen molar-refractivity contribution in [3.05, 3.63) is 48.6 Å². The number of nitrogens with zero attached hydrogens (tertiary/aromatic N) is 1. The second-order valence-corrected chi connectivity index (χ2v) is 4.51. The highest BCUT2D eigenvalue weighted by Crippen LogP contribution is 2.02. The van der Waals surface area contributed by atoms with E-state index in [-0.39, 0.29) is 0 Å². The summed E-state index contributed by atoms with van der Waals surface area (Å²) < 4.78 is 0. The summed E-state index contributed by atoms with van der Waals surface area (Å²) in [4.78, 5) is 2.39. The minimum Gasteiger partial charge on any atom is -0.312 e. The maximum atomic E-state index is 3.70. The van der Waals surface area contributed by atoms with Gasteiger partial charge < -0.3 is 10.2 Å². The maximum absolute atomic E-state index is 3.70. The molecule has 0 aromatic heterocycles. The zero-order chi connectivity index (χ0) is 12.5. The summed E-state index contributed by atoms with van der Waals surface area (Å²) >= 11 is 0. The Morgan fingerprint density at radius 2 is 2.06 bits per heavy atom. The summed E-state index contributed by atoms with van der Waals surface area (Å²) in [6.45, 7) is 8.95. The highest BCUT2D eigenvalue weighted by molar-refractivity contribution is 5.14. The minimum absolute atomic E-state index is 0.554. The van der Waals surface area contributed by atoms with E-state index >= 15 is 0 Å². The van der Waals surface area contributed by atoms with E-state index in [2.05, 4.69) is 61.1 Å². The normalized spacial score (nSPS) is 12.6. The number of hydrogen-bond acceptors (Lipinski definition) is 2. The smallest absolute Gasteiger partial charge is 0.0189 e. The summed E-state index contributed by atoms with van der Waals surface area (Å²) in [7, 11) is 2.18. The Balaban J connectivity index is 2.24. The van der Waals surface area contributed by atoms with Gasteiger partial charge in [-0.1, -0.05) is 36.4 Å². The van der Waals surface area contributed by atoms with Crippen LogP contribution in [-0.4, -0.2) is 37.6 Å². The van der Waals surface area contributed by atoms with Crippen LogP contribution in [0.5, 0.6) is 0 Å². The molecule has 1 atom stereocenters. The van der Waals surface area contributed by atoms with Gasteiger partial charge in [-0.25, -0.2) is 0 Å². The van der Waals surface area contributed by atoms with Crippen LogP contribution in [0.15, 0.2) is 43.0 Å². The van der Waals surface area contributed by atoms with Gasteiger partial charge in [-0.05, 0) is 26.0 Å². The third-order valence-electron chi connectivity index (χ3n) is 3.08. The van der Waals surface area contributed by atoms with Crippen LogP contribution in [0.1, 0.15) is 12.5 Å². The number of nitrogens with one attached hydrogen (secondary N) is 1. The second-order valence-electron chi connectivity index (χ2n) is 4.51. The molecule has 17 heavy (non-hydrogen) atoms. The van der Waals surface area contributed by atoms with Gasteiger partial charge in [-0.3, -0.25) is 0 Å². The summed E-state index contributed by atoms with van der Waals surface area (Å²) in [6.07, 6.45) is 3.01. The van der Waals surface area contributed by atoms with Gasteiger partial charge in [-0.2, -0.15) is 0 Å². The standard InChI is InChI=1S/C15H24N2/c1-4-11-16-13-14(2)17(3)12-10-15-8-6-5-7-9-15/h4-9,14,16H,1,10-13H2,2-3H3. The van der Waals surface area contributed by atoms with Crippen LogP contribution in [-0.2, 0) is 6.42 Å². The van der Waals surface area contributed by atoms with Crippen LogP contribution in [0.3, 0.4) is 0 Å². The molecule has 2 heteroatoms. The lowest BCUT2D eigenvalue weighted by atomic mass is 10.1. The number of rotatable bonds is 8. The van der Waals surface area contributed by atoms with Crippen molar-refractivity contribution in [2.24, 2.45) is 0 Å². The van der Waals surface area contributed by atoms with Crippen LogP contribution in [0.4, 0.5) is 0 Å². The zero-order valence-electron chi connectivity index (χ0n) is 11.0. The topological polar surface area (TPSA) is 15.3 Å². The fourth-order valence-corrected chi connectivity index (χ4v) is 1.72. The first-order valence-electron chi connectivity index (χ1n) is 6.30. The lowest BCUT2D eigenvalue weighted by Crippen LogP contribution is -2.38. The van der Waals surface area contributed by atoms with Crippen LogP contribution >= 0.6 is 0 Å². The van der Waals surface area contributed by atoms with Crippen LogP contribution < -0.4 is 5.32 Å². The van der Waals surface area contributed by atoms with Crippen molar-refractivity contribution in [2.75, 3.05) is 26.7 Å². The third kappa shape index (κ3) is 5.66. The van der Waals surface area contributed by atoms with E-state index in [9.17, 15) is 0 Å². The van der Waals surface area contributed by atoms with Crippen molar-refractivity contribution in [1.29, 1.82) is 0 Å². The predicted molar refractivity (Wildman–Crippen MR) is 75.3 cm³/mol. The van der Waals surface area contributed by atoms with Crippen LogP contribution in [0.25, 0.3) is 0 Å². The number of likely N-dealkylation sites (N-methyl/N-ethyl adjacent to an activating group) is 1. The molecule has 0 bridgehead atoms. The Kier molecular flexibility index (Phi) is 6.60. The molecule has 0 aliphatic heterocycles. The van der Waals surface area contributed by atoms with Crippen LogP contribution in [0.2, 0.25) is 0 Å². The van der Waals surface area contributed by atoms with Crippen molar-refractivity contribution >= 4 is 0 Å². The second kappa shape index (κ2) is 8.04. The van der Waals surface area contributed by atoms with E-state index < -0.39 is 0 Å². The maximum Gasteiger partial charge on any atom is 0.0189 e. The third-order valence-corrected chi connectivity index (χ3v) is 3.08. The summed E-state index contributed by atoms with van der Waals surface area (Å²) in [6, 6.07) is 11.2. The molecule has 0 amide bonds. The van der Waals surface area contributed by atoms with E-state index in [0.717, 1.165) is 26.1 Å². The van der Waals surface area contributed by atoms with E-state index in [1.165, 1.54) is 5.56 Å². The molecule has 0 saturated heterocycles. The molecule has 1 N–H and O–H groups in total. The Bertz CT molecular complexity index is 308. The Morgan fingerprint density at radius 1 is 1.35 bits per heavy atom. The molecule has 0 aliphatic carbocycles.